The molecule has 0 unspecified atom stereocenters. The van der Waals surface area contributed by atoms with E-state index in [4.69, 9.17) is 23.3 Å². The predicted octanol–water partition coefficient (Wildman–Crippen LogP) is 4.22. The van der Waals surface area contributed by atoms with Crippen LogP contribution in [0.15, 0.2) is 41.5 Å². The van der Waals surface area contributed by atoms with Crippen LogP contribution in [0.1, 0.15) is 48.8 Å². The van der Waals surface area contributed by atoms with Gasteiger partial charge in [0.25, 0.3) is 0 Å². The standard InChI is InChI=1S/C27H30ClFN10O/c1-33-16-6-7-17-21(13-16)34-12-4-2-3-5-20(27-37-22(14-30)26(17)38-27)36-24(40)11-8-18-23(39(32)15-35-31)10-9-19(28)25(18)29/h6-11,13,15,20,33-34H,2-5,12,31-32H2,1H3,(H,36,40)(H,37,38)/b11-8+,35-15-/t20-/m0/s1. The first-order valence-electron chi connectivity index (χ1n) is 12.7. The Morgan fingerprint density at radius 2 is 2.15 bits per heavy atom. The molecule has 3 aromatic rings. The molecule has 1 aliphatic heterocycles. The van der Waals surface area contributed by atoms with E-state index >= 15 is 0 Å². The molecule has 1 aromatic heterocycles. The normalized spacial score (nSPS) is 15.4. The molecule has 8 N–H and O–H groups in total. The summed E-state index contributed by atoms with van der Waals surface area (Å²) in [6, 6.07) is 10.3. The van der Waals surface area contributed by atoms with Gasteiger partial charge in [0.1, 0.15) is 18.2 Å². The number of imidazole rings is 1. The smallest absolute Gasteiger partial charge is 0.244 e. The number of halogens is 2. The van der Waals surface area contributed by atoms with E-state index < -0.39 is 17.8 Å². The van der Waals surface area contributed by atoms with Crippen molar-refractivity contribution in [2.45, 2.75) is 31.7 Å². The molecular formula is C27H30ClFN10O. The van der Waals surface area contributed by atoms with Crippen LogP contribution in [0.25, 0.3) is 17.3 Å². The Morgan fingerprint density at radius 3 is 2.90 bits per heavy atom. The number of carbonyl (C=O) groups excluding carboxylic acids is 1. The number of hydrazone groups is 1. The average molecular weight is 565 g/mol. The minimum atomic E-state index is -0.752. The van der Waals surface area contributed by atoms with Gasteiger partial charge in [0.15, 0.2) is 11.5 Å². The molecule has 0 radical (unpaired) electrons. The van der Waals surface area contributed by atoms with E-state index in [1.165, 1.54) is 24.3 Å². The quantitative estimate of drug-likeness (QED) is 0.0848. The highest BCUT2D eigenvalue weighted by Crippen LogP contribution is 2.34. The van der Waals surface area contributed by atoms with Gasteiger partial charge in [-0.1, -0.05) is 24.4 Å². The number of fused-ring (bicyclic) bond motifs is 4. The number of amides is 1. The molecule has 2 bridgehead atoms. The number of H-pyrrole nitrogens is 1. The summed E-state index contributed by atoms with van der Waals surface area (Å²) in [5.74, 6) is 10.3. The lowest BCUT2D eigenvalue weighted by molar-refractivity contribution is -0.117. The number of nitrogens with zero attached hydrogens (tertiary/aromatic N) is 4. The summed E-state index contributed by atoms with van der Waals surface area (Å²) >= 11 is 5.96. The summed E-state index contributed by atoms with van der Waals surface area (Å²) in [7, 11) is 1.84. The Bertz CT molecular complexity index is 1480. The zero-order valence-corrected chi connectivity index (χ0v) is 22.6. The molecule has 0 spiro atoms. The van der Waals surface area contributed by atoms with Crippen LogP contribution < -0.4 is 32.6 Å². The van der Waals surface area contributed by atoms with Crippen molar-refractivity contribution < 1.29 is 9.18 Å². The molecule has 1 amide bonds. The third-order valence-corrected chi connectivity index (χ3v) is 6.81. The summed E-state index contributed by atoms with van der Waals surface area (Å²) < 4.78 is 14.9. The van der Waals surface area contributed by atoms with Crippen molar-refractivity contribution in [3.63, 3.8) is 0 Å². The molecule has 4 rings (SSSR count). The summed E-state index contributed by atoms with van der Waals surface area (Å²) in [6.07, 6.45) is 6.80. The zero-order chi connectivity index (χ0) is 28.6. The Morgan fingerprint density at radius 1 is 1.32 bits per heavy atom. The van der Waals surface area contributed by atoms with Crippen molar-refractivity contribution in [3.8, 4) is 17.3 Å². The number of nitrogens with two attached hydrogens (primary N) is 2. The topological polar surface area (TPSA) is 173 Å². The summed E-state index contributed by atoms with van der Waals surface area (Å²) in [5, 5.41) is 23.6. The third-order valence-electron chi connectivity index (χ3n) is 6.52. The van der Waals surface area contributed by atoms with Crippen LogP contribution >= 0.6 is 11.6 Å². The fourth-order valence-electron chi connectivity index (χ4n) is 4.50. The number of hydrogen-bond donors (Lipinski definition) is 6. The number of aromatic amines is 1. The lowest BCUT2D eigenvalue weighted by Crippen LogP contribution is -2.30. The van der Waals surface area contributed by atoms with Crippen molar-refractivity contribution in [2.75, 3.05) is 29.2 Å². The highest BCUT2D eigenvalue weighted by molar-refractivity contribution is 6.31. The monoisotopic (exact) mass is 564 g/mol. The van der Waals surface area contributed by atoms with Gasteiger partial charge in [-0.05, 0) is 49.2 Å². The summed E-state index contributed by atoms with van der Waals surface area (Å²) in [5.41, 5.74) is 3.58. The second kappa shape index (κ2) is 13.0. The molecular weight excluding hydrogens is 535 g/mol. The van der Waals surface area contributed by atoms with Gasteiger partial charge in [-0.3, -0.25) is 9.80 Å². The van der Waals surface area contributed by atoms with Gasteiger partial charge in [-0.2, -0.15) is 10.4 Å². The second-order valence-electron chi connectivity index (χ2n) is 9.10. The number of rotatable bonds is 6. The molecule has 0 saturated heterocycles. The van der Waals surface area contributed by atoms with E-state index in [1.807, 2.05) is 25.2 Å². The maximum Gasteiger partial charge on any atom is 0.244 e. The van der Waals surface area contributed by atoms with E-state index in [0.29, 0.717) is 17.9 Å². The third kappa shape index (κ3) is 6.33. The average Bonchev–Trinajstić information content (AvgIpc) is 3.38. The van der Waals surface area contributed by atoms with Crippen molar-refractivity contribution >= 4 is 47.0 Å². The lowest BCUT2D eigenvalue weighted by Gasteiger charge is -2.18. The minimum absolute atomic E-state index is 0.0131. The van der Waals surface area contributed by atoms with Crippen LogP contribution in [-0.2, 0) is 4.79 Å². The van der Waals surface area contributed by atoms with E-state index in [9.17, 15) is 14.4 Å². The molecule has 13 heteroatoms. The van der Waals surface area contributed by atoms with Gasteiger partial charge in [0, 0.05) is 42.2 Å². The molecule has 11 nitrogen and oxygen atoms in total. The van der Waals surface area contributed by atoms with E-state index in [1.54, 1.807) is 0 Å². The molecule has 2 heterocycles. The minimum Gasteiger partial charge on any atom is -0.388 e. The molecule has 0 aliphatic carbocycles. The van der Waals surface area contributed by atoms with Crippen LogP contribution in [0.3, 0.4) is 0 Å². The Hall–Kier alpha value is -4.60. The summed E-state index contributed by atoms with van der Waals surface area (Å²) in [6.45, 7) is 0.753. The van der Waals surface area contributed by atoms with Crippen LogP contribution in [0.5, 0.6) is 0 Å². The largest absolute Gasteiger partial charge is 0.388 e. The number of hydrogen-bond acceptors (Lipinski definition) is 8. The highest BCUT2D eigenvalue weighted by atomic mass is 35.5. The SMILES string of the molecule is CNc1ccc2c(c1)NCCCCC[C@H](NC(=O)/C=C/c1c(N(N)/C=N\N)ccc(Cl)c1F)c1nc(C#N)c-2[nH]1. The molecule has 0 saturated carbocycles. The van der Waals surface area contributed by atoms with Crippen LogP contribution in [0.2, 0.25) is 5.02 Å². The Labute approximate surface area is 236 Å². The molecule has 1 aliphatic rings. The number of benzene rings is 2. The maximum atomic E-state index is 14.9. The van der Waals surface area contributed by atoms with E-state index in [2.05, 4.69) is 37.1 Å². The molecule has 1 atom stereocenters. The van der Waals surface area contributed by atoms with Crippen molar-refractivity contribution in [3.05, 3.63) is 64.3 Å². The van der Waals surface area contributed by atoms with Gasteiger partial charge >= 0.3 is 0 Å². The van der Waals surface area contributed by atoms with Crippen LogP contribution in [-0.4, -0.2) is 35.8 Å². The number of hydrazine groups is 1. The van der Waals surface area contributed by atoms with Crippen molar-refractivity contribution in [1.29, 1.82) is 5.26 Å². The number of nitrogens with one attached hydrogen (secondary N) is 4. The van der Waals surface area contributed by atoms with Crippen LogP contribution in [0, 0.1) is 17.1 Å². The first-order chi connectivity index (χ1) is 19.4. The first kappa shape index (κ1) is 28.4. The molecule has 2 aromatic carbocycles. The number of nitriles is 1. The second-order valence-corrected chi connectivity index (χ2v) is 9.51. The molecule has 208 valence electrons. The number of anilines is 3. The van der Waals surface area contributed by atoms with Gasteiger partial charge in [0.2, 0.25) is 5.91 Å². The highest BCUT2D eigenvalue weighted by Gasteiger charge is 2.23. The van der Waals surface area contributed by atoms with Crippen molar-refractivity contribution in [1.82, 2.24) is 15.3 Å². The van der Waals surface area contributed by atoms with Crippen LogP contribution in [0.4, 0.5) is 21.5 Å². The Balaban J connectivity index is 1.65. The van der Waals surface area contributed by atoms with E-state index in [0.717, 1.165) is 54.1 Å². The predicted molar refractivity (Wildman–Crippen MR) is 156 cm³/mol. The molecule has 0 fully saturated rings. The first-order valence-corrected chi connectivity index (χ1v) is 13.0. The lowest BCUT2D eigenvalue weighted by atomic mass is 10.0. The number of carbonyl (C=O) groups is 1. The van der Waals surface area contributed by atoms with Gasteiger partial charge in [-0.25, -0.2) is 15.2 Å². The maximum absolute atomic E-state index is 14.9. The fourth-order valence-corrected chi connectivity index (χ4v) is 4.66. The van der Waals surface area contributed by atoms with Gasteiger partial charge in [-0.15, -0.1) is 0 Å². The number of aromatic nitrogens is 2. The molecule has 40 heavy (non-hydrogen) atoms. The summed E-state index contributed by atoms with van der Waals surface area (Å²) in [4.78, 5) is 20.8. The van der Waals surface area contributed by atoms with E-state index in [-0.39, 0.29) is 22.0 Å². The van der Waals surface area contributed by atoms with Gasteiger partial charge < -0.3 is 26.8 Å². The fraction of sp³-hybridized carbons (Fsp3) is 0.259. The van der Waals surface area contributed by atoms with Crippen molar-refractivity contribution in [2.24, 2.45) is 16.8 Å². The van der Waals surface area contributed by atoms with Gasteiger partial charge in [0.05, 0.1) is 22.4 Å². The Kier molecular flexibility index (Phi) is 9.21. The zero-order valence-electron chi connectivity index (χ0n) is 21.8.